The number of hydrogen-bond donors (Lipinski definition) is 4. The number of ketones is 1. The van der Waals surface area contributed by atoms with Crippen LogP contribution in [-0.2, 0) is 82.7 Å². The minimum atomic E-state index is -1.60. The maximum atomic E-state index is 14.9. The molecular formula is C98H109N7O24. The van der Waals surface area contributed by atoms with Gasteiger partial charge in [0, 0.05) is 69.0 Å². The number of rotatable bonds is 49. The topological polar surface area (TPSA) is 371 Å². The maximum Gasteiger partial charge on any atom is 0.540 e. The fourth-order valence-corrected chi connectivity index (χ4v) is 16.2. The predicted octanol–water partition coefficient (Wildman–Crippen LogP) is 16.9. The van der Waals surface area contributed by atoms with Crippen molar-refractivity contribution in [3.8, 4) is 44.5 Å². The summed E-state index contributed by atoms with van der Waals surface area (Å²) in [6.07, 6.45) is -3.36. The molecule has 1 aromatic heterocycles. The van der Waals surface area contributed by atoms with Gasteiger partial charge in [-0.05, 0) is 148 Å². The number of aromatic nitrogens is 3. The molecule has 4 aliphatic rings. The molecule has 129 heavy (non-hydrogen) atoms. The summed E-state index contributed by atoms with van der Waals surface area (Å²) in [6, 6.07) is 63.8. The van der Waals surface area contributed by atoms with Crippen molar-refractivity contribution >= 4 is 54.8 Å². The minimum Gasteiger partial charge on any atom is -0.449 e. The molecule has 680 valence electrons. The van der Waals surface area contributed by atoms with Gasteiger partial charge in [0.05, 0.1) is 50.8 Å². The summed E-state index contributed by atoms with van der Waals surface area (Å²) in [7, 11) is 0. The lowest BCUT2D eigenvalue weighted by Gasteiger charge is -2.31. The average molecular weight is 1770 g/mol. The number of benzene rings is 8. The summed E-state index contributed by atoms with van der Waals surface area (Å²) in [5.74, 6) is -0.943. The van der Waals surface area contributed by atoms with Gasteiger partial charge in [-0.2, -0.15) is 4.89 Å². The van der Waals surface area contributed by atoms with E-state index in [9.17, 15) is 43.2 Å². The fourth-order valence-electron chi connectivity index (χ4n) is 16.2. The van der Waals surface area contributed by atoms with E-state index < -0.39 is 106 Å². The highest BCUT2D eigenvalue weighted by molar-refractivity contribution is 5.85. The van der Waals surface area contributed by atoms with Gasteiger partial charge in [0.1, 0.15) is 70.8 Å². The second-order valence-corrected chi connectivity index (χ2v) is 32.0. The van der Waals surface area contributed by atoms with Gasteiger partial charge in [-0.15, -0.1) is 5.10 Å². The van der Waals surface area contributed by atoms with Crippen LogP contribution in [0.2, 0.25) is 0 Å². The van der Waals surface area contributed by atoms with E-state index in [0.29, 0.717) is 32.2 Å². The van der Waals surface area contributed by atoms with Gasteiger partial charge < -0.3 is 82.8 Å². The first-order chi connectivity index (χ1) is 63.0. The highest BCUT2D eigenvalue weighted by atomic mass is 17.2. The van der Waals surface area contributed by atoms with Crippen LogP contribution in [0.1, 0.15) is 151 Å². The molecule has 2 unspecified atom stereocenters. The van der Waals surface area contributed by atoms with Crippen molar-refractivity contribution in [1.82, 2.24) is 36.3 Å². The molecule has 4 amide bonds. The molecule has 0 spiro atoms. The third-order valence-corrected chi connectivity index (χ3v) is 22.8. The van der Waals surface area contributed by atoms with E-state index in [1.807, 2.05) is 195 Å². The number of carbonyl (C=O) groups is 9. The van der Waals surface area contributed by atoms with Gasteiger partial charge in [-0.25, -0.2) is 38.4 Å². The molecule has 0 saturated heterocycles. The van der Waals surface area contributed by atoms with E-state index in [1.165, 1.54) is 0 Å². The number of Topliss-reactive ketones (excluding diaryl/α,β-unsaturated/α-hetero) is 1. The highest BCUT2D eigenvalue weighted by Crippen LogP contribution is 2.48. The summed E-state index contributed by atoms with van der Waals surface area (Å²) in [4.78, 5) is 130. The Bertz CT molecular complexity index is 4960. The van der Waals surface area contributed by atoms with Crippen molar-refractivity contribution in [1.29, 1.82) is 0 Å². The third-order valence-electron chi connectivity index (χ3n) is 22.8. The van der Waals surface area contributed by atoms with E-state index >= 15 is 0 Å². The summed E-state index contributed by atoms with van der Waals surface area (Å²) in [6.45, 7) is 0.789. The average Bonchev–Trinajstić information content (AvgIpc) is 1.63. The van der Waals surface area contributed by atoms with Crippen LogP contribution in [-0.4, -0.2) is 201 Å². The zero-order valence-corrected chi connectivity index (χ0v) is 72.4. The molecule has 9 aromatic rings. The van der Waals surface area contributed by atoms with Crippen molar-refractivity contribution in [2.45, 2.75) is 127 Å². The maximum absolute atomic E-state index is 14.9. The van der Waals surface area contributed by atoms with Crippen molar-refractivity contribution < 1.29 is 115 Å². The Morgan fingerprint density at radius 3 is 0.953 bits per heavy atom. The number of nitrogens with zero attached hydrogens (tertiary/aromatic N) is 3. The standard InChI is InChI=1S/C98H109N7O24/c1-66-55-105(104-103-66)50-24-5-3-4-6-45-89(106)98(2,64-126-67(56-122-94(111)115-51-26-47-100-91(108)119-61-86-79-39-17-9-31-71(79)72-32-10-18-40-80(72)86)57-123-95(112)116-52-27-48-101-92(109)120-62-87-81-41-19-11-33-73(81)74-34-12-20-42-82(74)87)65-127-68(58-124-96(113)117-53-28-49-102-93(110)121-63-88-83-43-21-13-35-75(83)76-36-14-22-44-84(76)88)59-125-97(114)129-128-54-25-23-46-99-90(107)118-60-85-77-37-15-7-29-69(77)70-30-8-16-38-78(70)85/h7-22,29-44,55,67-68,85-88H,3-6,23-28,45-54,56-65H2,1-2H3,(H,99,107)(H,100,108)(H,101,109)(H,102,110). The molecule has 2 atom stereocenters. The van der Waals surface area contributed by atoms with Crippen LogP contribution in [0.15, 0.2) is 200 Å². The Balaban J connectivity index is 0.613. The second-order valence-electron chi connectivity index (χ2n) is 32.0. The number of carbonyl (C=O) groups excluding carboxylic acids is 9. The summed E-state index contributed by atoms with van der Waals surface area (Å²) < 4.78 is 75.3. The molecular weight excluding hydrogens is 1660 g/mol. The normalized spacial score (nSPS) is 13.2. The lowest BCUT2D eigenvalue weighted by Crippen LogP contribution is -2.43. The number of alkyl carbamates (subject to hydrolysis) is 4. The quantitative estimate of drug-likeness (QED) is 0.00904. The van der Waals surface area contributed by atoms with Crippen LogP contribution >= 0.6 is 0 Å². The van der Waals surface area contributed by atoms with Gasteiger partial charge in [0.15, 0.2) is 0 Å². The molecule has 1 heterocycles. The number of hydrogen-bond acceptors (Lipinski definition) is 26. The zero-order chi connectivity index (χ0) is 89.9. The summed E-state index contributed by atoms with van der Waals surface area (Å²) in [5, 5.41) is 19.0. The van der Waals surface area contributed by atoms with Crippen LogP contribution in [0.4, 0.5) is 38.4 Å². The Hall–Kier alpha value is -13.4. The number of unbranched alkanes of at least 4 members (excludes halogenated alkanes) is 5. The van der Waals surface area contributed by atoms with Gasteiger partial charge in [-0.1, -0.05) is 219 Å². The lowest BCUT2D eigenvalue weighted by molar-refractivity contribution is -0.257. The molecule has 13 rings (SSSR count). The molecule has 0 bridgehead atoms. The third kappa shape index (κ3) is 26.6. The van der Waals surface area contributed by atoms with Crippen molar-refractivity contribution in [2.75, 3.05) is 119 Å². The van der Waals surface area contributed by atoms with Crippen LogP contribution in [0.5, 0.6) is 0 Å². The van der Waals surface area contributed by atoms with E-state index in [0.717, 1.165) is 114 Å². The first kappa shape index (κ1) is 93.3. The number of amides is 4. The number of nitrogens with one attached hydrogen (secondary N) is 4. The Kier molecular flexibility index (Phi) is 34.7. The molecule has 4 aliphatic carbocycles. The second kappa shape index (κ2) is 48.0. The predicted molar refractivity (Wildman–Crippen MR) is 471 cm³/mol. The van der Waals surface area contributed by atoms with Crippen LogP contribution < -0.4 is 21.3 Å². The Morgan fingerprint density at radius 2 is 0.636 bits per heavy atom. The molecule has 4 N–H and O–H groups in total. The lowest BCUT2D eigenvalue weighted by atomic mass is 9.84. The largest absolute Gasteiger partial charge is 0.540 e. The minimum absolute atomic E-state index is 0.0173. The summed E-state index contributed by atoms with van der Waals surface area (Å²) in [5.41, 5.74) is 16.4. The van der Waals surface area contributed by atoms with Gasteiger partial charge in [0.25, 0.3) is 0 Å². The number of fused-ring (bicyclic) bond motifs is 12. The molecule has 31 nitrogen and oxygen atoms in total. The molecule has 0 saturated carbocycles. The SMILES string of the molecule is Cc1cn(CCCCCCCC(=O)C(C)(COC(COC(=O)OCCCNC(=O)OCC2c3ccccc3-c3ccccc32)COC(=O)OCCCNC(=O)OCC2c3ccccc3-c3ccccc32)COC(COC(=O)OCCCNC(=O)OCC2c3ccccc3-c3ccccc32)COC(=O)OOCCCCNC(=O)OCC2c3ccccc3-c3ccccc32)nn1. The first-order valence-corrected chi connectivity index (χ1v) is 43.9. The number of aryl methyl sites for hydroxylation is 2. The van der Waals surface area contributed by atoms with E-state index in [1.54, 1.807) is 11.6 Å². The van der Waals surface area contributed by atoms with Crippen molar-refractivity contribution in [3.63, 3.8) is 0 Å². The Labute approximate surface area is 747 Å². The Morgan fingerprint density at radius 1 is 0.341 bits per heavy atom. The monoisotopic (exact) mass is 1770 g/mol. The van der Waals surface area contributed by atoms with Crippen molar-refractivity contribution in [3.05, 3.63) is 251 Å². The van der Waals surface area contributed by atoms with Gasteiger partial charge in [-0.3, -0.25) is 14.4 Å². The van der Waals surface area contributed by atoms with E-state index in [4.69, 9.17) is 71.4 Å². The molecule has 8 aromatic carbocycles. The summed E-state index contributed by atoms with van der Waals surface area (Å²) >= 11 is 0. The first-order valence-electron chi connectivity index (χ1n) is 43.9. The van der Waals surface area contributed by atoms with E-state index in [-0.39, 0.29) is 134 Å². The molecule has 0 aliphatic heterocycles. The van der Waals surface area contributed by atoms with E-state index in [2.05, 4.69) is 43.7 Å². The molecule has 0 fully saturated rings. The molecule has 0 radical (unpaired) electrons. The fraction of sp³-hybridized carbons (Fsp3) is 0.398. The van der Waals surface area contributed by atoms with Crippen LogP contribution in [0, 0.1) is 12.3 Å². The number of ether oxygens (including phenoxy) is 13. The van der Waals surface area contributed by atoms with Crippen LogP contribution in [0.25, 0.3) is 44.5 Å². The van der Waals surface area contributed by atoms with Crippen LogP contribution in [0.3, 0.4) is 0 Å². The zero-order valence-electron chi connectivity index (χ0n) is 72.4. The highest BCUT2D eigenvalue weighted by Gasteiger charge is 2.38. The van der Waals surface area contributed by atoms with Gasteiger partial charge >= 0.3 is 49.0 Å². The van der Waals surface area contributed by atoms with Gasteiger partial charge in [0.2, 0.25) is 0 Å². The smallest absolute Gasteiger partial charge is 0.449 e. The molecule has 31 heteroatoms. The van der Waals surface area contributed by atoms with Crippen molar-refractivity contribution in [2.24, 2.45) is 5.41 Å².